The fraction of sp³-hybridized carbons (Fsp3) is 0.182. The number of benzene rings is 1. The number of nitrogens with zero attached hydrogens (tertiary/aromatic N) is 2. The Bertz CT molecular complexity index is 584. The van der Waals surface area contributed by atoms with Crippen LogP contribution >= 0.6 is 22.9 Å². The highest BCUT2D eigenvalue weighted by atomic mass is 35.5. The largest absolute Gasteiger partial charge is 0.387 e. The molecule has 5 nitrogen and oxygen atoms in total. The van der Waals surface area contributed by atoms with Crippen LogP contribution in [0.3, 0.4) is 0 Å². The Morgan fingerprint density at radius 1 is 1.39 bits per heavy atom. The molecule has 0 atom stereocenters. The summed E-state index contributed by atoms with van der Waals surface area (Å²) in [5.41, 5.74) is 1.18. The first-order chi connectivity index (χ1) is 8.60. The van der Waals surface area contributed by atoms with Gasteiger partial charge in [-0.3, -0.25) is 10.1 Å². The zero-order valence-electron chi connectivity index (χ0n) is 9.82. The first-order valence-corrected chi connectivity index (χ1v) is 6.38. The fourth-order valence-corrected chi connectivity index (χ4v) is 2.19. The molecule has 0 saturated carbocycles. The molecule has 0 spiro atoms. The first-order valence-electron chi connectivity index (χ1n) is 5.19. The van der Waals surface area contributed by atoms with E-state index in [9.17, 15) is 4.79 Å². The minimum Gasteiger partial charge on any atom is -0.387 e. The topological polar surface area (TPSA) is 66.9 Å². The molecule has 94 valence electrons. The second-order valence-electron chi connectivity index (χ2n) is 3.52. The predicted octanol–water partition coefficient (Wildman–Crippen LogP) is 2.79. The average molecular weight is 283 g/mol. The molecule has 1 amide bonds. The second-order valence-corrected chi connectivity index (χ2v) is 5.14. The molecule has 2 N–H and O–H groups in total. The Kier molecular flexibility index (Phi) is 3.78. The number of carbonyl (C=O) groups excluding carboxylic acids is 1. The van der Waals surface area contributed by atoms with Crippen LogP contribution in [-0.4, -0.2) is 23.2 Å². The maximum absolute atomic E-state index is 12.1. The SMILES string of the molecule is CNc1ccc(Cl)cc1C(=O)Nc1nnc(C)s1. The van der Waals surface area contributed by atoms with Gasteiger partial charge in [0.05, 0.1) is 5.56 Å². The van der Waals surface area contributed by atoms with Gasteiger partial charge in [-0.2, -0.15) is 0 Å². The Morgan fingerprint density at radius 2 is 2.17 bits per heavy atom. The average Bonchev–Trinajstić information content (AvgIpc) is 2.74. The summed E-state index contributed by atoms with van der Waals surface area (Å²) in [4.78, 5) is 12.1. The first kappa shape index (κ1) is 12.8. The number of anilines is 2. The van der Waals surface area contributed by atoms with E-state index in [0.717, 1.165) is 5.01 Å². The van der Waals surface area contributed by atoms with Crippen LogP contribution in [0.1, 0.15) is 15.4 Å². The van der Waals surface area contributed by atoms with E-state index in [1.165, 1.54) is 11.3 Å². The molecule has 18 heavy (non-hydrogen) atoms. The summed E-state index contributed by atoms with van der Waals surface area (Å²) in [6.07, 6.45) is 0. The van der Waals surface area contributed by atoms with Crippen molar-refractivity contribution in [2.45, 2.75) is 6.92 Å². The molecule has 1 heterocycles. The molecule has 1 aromatic heterocycles. The molecule has 0 aliphatic rings. The van der Waals surface area contributed by atoms with Crippen LogP contribution in [0.5, 0.6) is 0 Å². The summed E-state index contributed by atoms with van der Waals surface area (Å²) in [6.45, 7) is 1.83. The van der Waals surface area contributed by atoms with Crippen molar-refractivity contribution in [3.8, 4) is 0 Å². The van der Waals surface area contributed by atoms with Crippen molar-refractivity contribution >= 4 is 39.7 Å². The number of hydrogen-bond acceptors (Lipinski definition) is 5. The van der Waals surface area contributed by atoms with E-state index in [1.54, 1.807) is 25.2 Å². The third-order valence-electron chi connectivity index (χ3n) is 2.24. The lowest BCUT2D eigenvalue weighted by atomic mass is 10.1. The summed E-state index contributed by atoms with van der Waals surface area (Å²) < 4.78 is 0. The van der Waals surface area contributed by atoms with Crippen molar-refractivity contribution in [2.24, 2.45) is 0 Å². The minimum absolute atomic E-state index is 0.266. The number of rotatable bonds is 3. The van der Waals surface area contributed by atoms with Gasteiger partial charge in [0.1, 0.15) is 5.01 Å². The highest BCUT2D eigenvalue weighted by Crippen LogP contribution is 2.22. The molecule has 0 fully saturated rings. The lowest BCUT2D eigenvalue weighted by molar-refractivity contribution is 0.102. The molecule has 0 aliphatic carbocycles. The molecule has 0 bridgehead atoms. The van der Waals surface area contributed by atoms with E-state index in [2.05, 4.69) is 20.8 Å². The molecule has 7 heteroatoms. The summed E-state index contributed by atoms with van der Waals surface area (Å²) in [5, 5.41) is 15.1. The predicted molar refractivity (Wildman–Crippen MR) is 73.6 cm³/mol. The molecule has 0 unspecified atom stereocenters. The quantitative estimate of drug-likeness (QED) is 0.908. The number of halogens is 1. The van der Waals surface area contributed by atoms with Gasteiger partial charge in [0.2, 0.25) is 5.13 Å². The molecule has 0 radical (unpaired) electrons. The number of carbonyl (C=O) groups is 1. The standard InChI is InChI=1S/C11H11ClN4OS/c1-6-15-16-11(18-6)14-10(17)8-5-7(12)3-4-9(8)13-2/h3-5,13H,1-2H3,(H,14,16,17). The van der Waals surface area contributed by atoms with Crippen molar-refractivity contribution in [3.05, 3.63) is 33.8 Å². The zero-order chi connectivity index (χ0) is 13.1. The van der Waals surface area contributed by atoms with E-state index in [1.807, 2.05) is 6.92 Å². The number of aromatic nitrogens is 2. The molecular formula is C11H11ClN4OS. The van der Waals surface area contributed by atoms with Crippen LogP contribution in [0.4, 0.5) is 10.8 Å². The lowest BCUT2D eigenvalue weighted by Crippen LogP contribution is -2.13. The van der Waals surface area contributed by atoms with E-state index in [-0.39, 0.29) is 5.91 Å². The van der Waals surface area contributed by atoms with Crippen LogP contribution in [0, 0.1) is 6.92 Å². The minimum atomic E-state index is -0.266. The van der Waals surface area contributed by atoms with Gasteiger partial charge in [-0.15, -0.1) is 10.2 Å². The third-order valence-corrected chi connectivity index (χ3v) is 3.23. The third kappa shape index (κ3) is 2.77. The summed E-state index contributed by atoms with van der Waals surface area (Å²) >= 11 is 7.21. The van der Waals surface area contributed by atoms with Gasteiger partial charge in [0, 0.05) is 17.8 Å². The van der Waals surface area contributed by atoms with Gasteiger partial charge in [-0.25, -0.2) is 0 Å². The Hall–Kier alpha value is -1.66. The Labute approximate surface area is 113 Å². The molecule has 0 aliphatic heterocycles. The fourth-order valence-electron chi connectivity index (χ4n) is 1.43. The van der Waals surface area contributed by atoms with E-state index >= 15 is 0 Å². The van der Waals surface area contributed by atoms with Gasteiger partial charge in [-0.05, 0) is 25.1 Å². The van der Waals surface area contributed by atoms with Crippen molar-refractivity contribution in [1.29, 1.82) is 0 Å². The highest BCUT2D eigenvalue weighted by molar-refractivity contribution is 7.15. The summed E-state index contributed by atoms with van der Waals surface area (Å²) in [5.74, 6) is -0.266. The molecule has 2 rings (SSSR count). The van der Waals surface area contributed by atoms with Gasteiger partial charge in [0.25, 0.3) is 5.91 Å². The second kappa shape index (κ2) is 5.32. The van der Waals surface area contributed by atoms with E-state index in [0.29, 0.717) is 21.4 Å². The van der Waals surface area contributed by atoms with Gasteiger partial charge in [0.15, 0.2) is 0 Å². The van der Waals surface area contributed by atoms with Crippen molar-refractivity contribution in [2.75, 3.05) is 17.7 Å². The van der Waals surface area contributed by atoms with Crippen molar-refractivity contribution < 1.29 is 4.79 Å². The molecule has 0 saturated heterocycles. The highest BCUT2D eigenvalue weighted by Gasteiger charge is 2.13. The van der Waals surface area contributed by atoms with Gasteiger partial charge < -0.3 is 5.32 Å². The van der Waals surface area contributed by atoms with Gasteiger partial charge in [-0.1, -0.05) is 22.9 Å². The molecular weight excluding hydrogens is 272 g/mol. The van der Waals surface area contributed by atoms with Crippen molar-refractivity contribution in [3.63, 3.8) is 0 Å². The smallest absolute Gasteiger partial charge is 0.259 e. The lowest BCUT2D eigenvalue weighted by Gasteiger charge is -2.08. The summed E-state index contributed by atoms with van der Waals surface area (Å²) in [6, 6.07) is 5.08. The molecule has 2 aromatic rings. The number of nitrogens with one attached hydrogen (secondary N) is 2. The normalized spacial score (nSPS) is 10.2. The maximum atomic E-state index is 12.1. The van der Waals surface area contributed by atoms with Crippen LogP contribution in [0.2, 0.25) is 5.02 Å². The van der Waals surface area contributed by atoms with E-state index < -0.39 is 0 Å². The number of hydrogen-bond donors (Lipinski definition) is 2. The Morgan fingerprint density at radius 3 is 2.78 bits per heavy atom. The summed E-state index contributed by atoms with van der Waals surface area (Å²) in [7, 11) is 1.75. The molecule has 1 aromatic carbocycles. The van der Waals surface area contributed by atoms with Crippen LogP contribution < -0.4 is 10.6 Å². The monoisotopic (exact) mass is 282 g/mol. The number of aryl methyl sites for hydroxylation is 1. The van der Waals surface area contributed by atoms with Gasteiger partial charge >= 0.3 is 0 Å². The maximum Gasteiger partial charge on any atom is 0.259 e. The van der Waals surface area contributed by atoms with Crippen LogP contribution in [-0.2, 0) is 0 Å². The van der Waals surface area contributed by atoms with E-state index in [4.69, 9.17) is 11.6 Å². The van der Waals surface area contributed by atoms with Crippen LogP contribution in [0.25, 0.3) is 0 Å². The zero-order valence-corrected chi connectivity index (χ0v) is 11.4. The number of amides is 1. The Balaban J connectivity index is 2.25. The van der Waals surface area contributed by atoms with Crippen LogP contribution in [0.15, 0.2) is 18.2 Å². The van der Waals surface area contributed by atoms with Crippen molar-refractivity contribution in [1.82, 2.24) is 10.2 Å².